The Hall–Kier alpha value is -2.06. The summed E-state index contributed by atoms with van der Waals surface area (Å²) in [5, 5.41) is 6.00. The van der Waals surface area contributed by atoms with Crippen molar-refractivity contribution in [3.63, 3.8) is 0 Å². The topological polar surface area (TPSA) is 50.4 Å². The molecule has 4 nitrogen and oxygen atoms in total. The molecule has 1 aromatic carbocycles. The lowest BCUT2D eigenvalue weighted by molar-refractivity contribution is 0.0602. The molecule has 0 amide bonds. The minimum absolute atomic E-state index is 0.0341. The average molecular weight is 342 g/mol. The number of rotatable bonds is 3. The number of aryl methyl sites for hydroxylation is 1. The van der Waals surface area contributed by atoms with Crippen molar-refractivity contribution < 1.29 is 18.3 Å². The SMILES string of the molecule is COC(=O)c1cc(C)sc1NC(=S)Nc1ccc(F)cc1F. The molecule has 0 aliphatic rings. The summed E-state index contributed by atoms with van der Waals surface area (Å²) in [7, 11) is 1.28. The Balaban J connectivity index is 2.14. The minimum Gasteiger partial charge on any atom is -0.465 e. The van der Waals surface area contributed by atoms with Gasteiger partial charge < -0.3 is 15.4 Å². The van der Waals surface area contributed by atoms with E-state index in [2.05, 4.69) is 15.4 Å². The van der Waals surface area contributed by atoms with Gasteiger partial charge in [0, 0.05) is 10.9 Å². The van der Waals surface area contributed by atoms with Crippen LogP contribution in [0.2, 0.25) is 0 Å². The zero-order chi connectivity index (χ0) is 16.3. The first-order valence-corrected chi connectivity index (χ1v) is 7.35. The summed E-state index contributed by atoms with van der Waals surface area (Å²) in [4.78, 5) is 12.5. The van der Waals surface area contributed by atoms with E-state index in [4.69, 9.17) is 12.2 Å². The predicted molar refractivity (Wildman–Crippen MR) is 86.6 cm³/mol. The Bertz CT molecular complexity index is 732. The number of ether oxygens (including phenoxy) is 1. The fraction of sp³-hybridized carbons (Fsp3) is 0.143. The molecule has 0 aliphatic heterocycles. The maximum atomic E-state index is 13.6. The van der Waals surface area contributed by atoms with E-state index < -0.39 is 17.6 Å². The smallest absolute Gasteiger partial charge is 0.340 e. The summed E-state index contributed by atoms with van der Waals surface area (Å²) in [5.74, 6) is -1.94. The summed E-state index contributed by atoms with van der Waals surface area (Å²) in [5.41, 5.74) is 0.375. The van der Waals surface area contributed by atoms with E-state index in [1.165, 1.54) is 24.5 Å². The van der Waals surface area contributed by atoms with E-state index in [9.17, 15) is 13.6 Å². The third-order valence-corrected chi connectivity index (χ3v) is 3.84. The van der Waals surface area contributed by atoms with Crippen LogP contribution in [0.1, 0.15) is 15.2 Å². The van der Waals surface area contributed by atoms with Crippen molar-refractivity contribution in [2.24, 2.45) is 0 Å². The van der Waals surface area contributed by atoms with Crippen molar-refractivity contribution >= 4 is 45.3 Å². The van der Waals surface area contributed by atoms with Gasteiger partial charge in [0.15, 0.2) is 5.11 Å². The number of nitrogens with one attached hydrogen (secondary N) is 2. The number of halogens is 2. The lowest BCUT2D eigenvalue weighted by atomic mass is 10.3. The van der Waals surface area contributed by atoms with Crippen LogP contribution in [-0.4, -0.2) is 18.2 Å². The first-order chi connectivity index (χ1) is 10.4. The maximum Gasteiger partial charge on any atom is 0.340 e. The fourth-order valence-electron chi connectivity index (χ4n) is 1.72. The summed E-state index contributed by atoms with van der Waals surface area (Å²) < 4.78 is 31.1. The van der Waals surface area contributed by atoms with Crippen molar-refractivity contribution in [2.75, 3.05) is 17.7 Å². The van der Waals surface area contributed by atoms with Crippen molar-refractivity contribution in [2.45, 2.75) is 6.92 Å². The van der Waals surface area contributed by atoms with Crippen LogP contribution in [0.15, 0.2) is 24.3 Å². The van der Waals surface area contributed by atoms with Gasteiger partial charge in [-0.2, -0.15) is 0 Å². The van der Waals surface area contributed by atoms with Crippen LogP contribution in [0.4, 0.5) is 19.5 Å². The molecule has 116 valence electrons. The van der Waals surface area contributed by atoms with Gasteiger partial charge in [-0.15, -0.1) is 11.3 Å². The van der Waals surface area contributed by atoms with Crippen LogP contribution < -0.4 is 10.6 Å². The molecule has 22 heavy (non-hydrogen) atoms. The molecule has 1 aromatic heterocycles. The number of thiophene rings is 1. The van der Waals surface area contributed by atoms with Crippen LogP contribution in [0.25, 0.3) is 0 Å². The number of hydrogen-bond donors (Lipinski definition) is 2. The molecule has 2 aromatic rings. The Morgan fingerprint density at radius 2 is 2.00 bits per heavy atom. The maximum absolute atomic E-state index is 13.6. The van der Waals surface area contributed by atoms with Gasteiger partial charge >= 0.3 is 5.97 Å². The zero-order valence-corrected chi connectivity index (χ0v) is 13.3. The van der Waals surface area contributed by atoms with E-state index in [1.807, 2.05) is 6.92 Å². The molecule has 2 rings (SSSR count). The molecule has 0 radical (unpaired) electrons. The van der Waals surface area contributed by atoms with Gasteiger partial charge in [0.05, 0.1) is 18.4 Å². The number of anilines is 2. The summed E-state index contributed by atoms with van der Waals surface area (Å²) >= 11 is 6.38. The molecule has 0 aliphatic carbocycles. The normalized spacial score (nSPS) is 10.2. The second-order valence-corrected chi connectivity index (χ2v) is 5.96. The highest BCUT2D eigenvalue weighted by Crippen LogP contribution is 2.28. The molecule has 0 fully saturated rings. The molecule has 0 atom stereocenters. The molecule has 8 heteroatoms. The second kappa shape index (κ2) is 6.80. The van der Waals surface area contributed by atoms with Crippen LogP contribution >= 0.6 is 23.6 Å². The van der Waals surface area contributed by atoms with Crippen LogP contribution in [0, 0.1) is 18.6 Å². The van der Waals surface area contributed by atoms with Gasteiger partial charge in [-0.05, 0) is 37.3 Å². The number of thiocarbonyl (C=S) groups is 1. The molecular weight excluding hydrogens is 330 g/mol. The molecule has 0 bridgehead atoms. The molecular formula is C14H12F2N2O2S2. The van der Waals surface area contributed by atoms with E-state index in [0.29, 0.717) is 10.6 Å². The predicted octanol–water partition coefficient (Wildman–Crippen LogP) is 3.93. The fourth-order valence-corrected chi connectivity index (χ4v) is 2.90. The Morgan fingerprint density at radius 1 is 1.27 bits per heavy atom. The number of benzene rings is 1. The van der Waals surface area contributed by atoms with Gasteiger partial charge in [-0.3, -0.25) is 0 Å². The van der Waals surface area contributed by atoms with Crippen molar-refractivity contribution in [3.05, 3.63) is 46.3 Å². The van der Waals surface area contributed by atoms with E-state index in [0.717, 1.165) is 17.0 Å². The number of methoxy groups -OCH3 is 1. The van der Waals surface area contributed by atoms with Gasteiger partial charge in [0.25, 0.3) is 0 Å². The molecule has 0 unspecified atom stereocenters. The van der Waals surface area contributed by atoms with Crippen molar-refractivity contribution in [3.8, 4) is 0 Å². The largest absolute Gasteiger partial charge is 0.465 e. The van der Waals surface area contributed by atoms with E-state index in [-0.39, 0.29) is 10.8 Å². The molecule has 0 saturated heterocycles. The van der Waals surface area contributed by atoms with Crippen LogP contribution in [0.3, 0.4) is 0 Å². The van der Waals surface area contributed by atoms with E-state index >= 15 is 0 Å². The summed E-state index contributed by atoms with van der Waals surface area (Å²) in [6.07, 6.45) is 0. The highest BCUT2D eigenvalue weighted by molar-refractivity contribution is 7.80. The van der Waals surface area contributed by atoms with Gasteiger partial charge in [-0.1, -0.05) is 0 Å². The van der Waals surface area contributed by atoms with Crippen LogP contribution in [-0.2, 0) is 4.74 Å². The quantitative estimate of drug-likeness (QED) is 0.654. The zero-order valence-electron chi connectivity index (χ0n) is 11.7. The summed E-state index contributed by atoms with van der Waals surface area (Å²) in [6, 6.07) is 4.77. The Kier molecular flexibility index (Phi) is 5.04. The number of hydrogen-bond acceptors (Lipinski definition) is 4. The highest BCUT2D eigenvalue weighted by Gasteiger charge is 2.16. The molecule has 0 spiro atoms. The van der Waals surface area contributed by atoms with Crippen LogP contribution in [0.5, 0.6) is 0 Å². The lowest BCUT2D eigenvalue weighted by Gasteiger charge is -2.11. The lowest BCUT2D eigenvalue weighted by Crippen LogP contribution is -2.20. The average Bonchev–Trinajstić information content (AvgIpc) is 2.81. The second-order valence-electron chi connectivity index (χ2n) is 4.29. The first-order valence-electron chi connectivity index (χ1n) is 6.12. The number of carbonyl (C=O) groups is 1. The van der Waals surface area contributed by atoms with Gasteiger partial charge in [0.1, 0.15) is 16.6 Å². The highest BCUT2D eigenvalue weighted by atomic mass is 32.1. The molecule has 1 heterocycles. The molecule has 0 saturated carbocycles. The Morgan fingerprint density at radius 3 is 2.64 bits per heavy atom. The van der Waals surface area contributed by atoms with Gasteiger partial charge in [0.2, 0.25) is 0 Å². The summed E-state index contributed by atoms with van der Waals surface area (Å²) in [6.45, 7) is 1.83. The standard InChI is InChI=1S/C14H12F2N2O2S2/c1-7-5-9(13(19)20-2)12(22-7)18-14(21)17-11-4-3-8(15)6-10(11)16/h3-6H,1-2H3,(H2,17,18,21). The molecule has 2 N–H and O–H groups in total. The number of carbonyl (C=O) groups excluding carboxylic acids is 1. The van der Waals surface area contributed by atoms with E-state index in [1.54, 1.807) is 6.07 Å². The Labute approximate surface area is 135 Å². The monoisotopic (exact) mass is 342 g/mol. The van der Waals surface area contributed by atoms with Gasteiger partial charge in [-0.25, -0.2) is 13.6 Å². The third-order valence-electron chi connectivity index (χ3n) is 2.67. The third kappa shape index (κ3) is 3.77. The first kappa shape index (κ1) is 16.3. The van der Waals surface area contributed by atoms with Crippen molar-refractivity contribution in [1.82, 2.24) is 0 Å². The van der Waals surface area contributed by atoms with Crippen molar-refractivity contribution in [1.29, 1.82) is 0 Å². The number of esters is 1. The minimum atomic E-state index is -0.764.